The van der Waals surface area contributed by atoms with E-state index in [1.54, 1.807) is 24.3 Å². The van der Waals surface area contributed by atoms with E-state index < -0.39 is 22.2 Å². The first kappa shape index (κ1) is 23.4. The molecule has 3 aromatic carbocycles. The Hall–Kier alpha value is -3.24. The molecule has 0 fully saturated rings. The third-order valence-corrected chi connectivity index (χ3v) is 5.58. The highest BCUT2D eigenvalue weighted by atomic mass is 35.5. The van der Waals surface area contributed by atoms with E-state index in [9.17, 15) is 26.4 Å². The summed E-state index contributed by atoms with van der Waals surface area (Å²) in [6.07, 6.45) is -3.73. The van der Waals surface area contributed by atoms with Crippen LogP contribution in [0.25, 0.3) is 11.1 Å². The van der Waals surface area contributed by atoms with Crippen LogP contribution in [0.2, 0.25) is 5.02 Å². The molecule has 0 aliphatic rings. The lowest BCUT2D eigenvalue weighted by Gasteiger charge is -2.12. The van der Waals surface area contributed by atoms with Crippen molar-refractivity contribution in [2.45, 2.75) is 11.3 Å². The van der Waals surface area contributed by atoms with Gasteiger partial charge >= 0.3 is 12.4 Å². The maximum Gasteiger partial charge on any atom is 0.573 e. The van der Waals surface area contributed by atoms with Crippen molar-refractivity contribution < 1.29 is 31.1 Å². The molecule has 2 N–H and O–H groups in total. The van der Waals surface area contributed by atoms with Gasteiger partial charge in [0.25, 0.3) is 0 Å². The highest BCUT2D eigenvalue weighted by Gasteiger charge is 2.30. The van der Waals surface area contributed by atoms with E-state index in [4.69, 9.17) is 11.6 Å². The minimum atomic E-state index is -4.77. The van der Waals surface area contributed by atoms with E-state index in [-0.39, 0.29) is 21.4 Å². The largest absolute Gasteiger partial charge is 0.573 e. The fourth-order valence-electron chi connectivity index (χ4n) is 2.74. The Labute approximate surface area is 186 Å². The van der Waals surface area contributed by atoms with Crippen molar-refractivity contribution in [1.29, 1.82) is 0 Å². The van der Waals surface area contributed by atoms with Crippen molar-refractivity contribution in [3.8, 4) is 16.9 Å². The van der Waals surface area contributed by atoms with E-state index in [2.05, 4.69) is 15.4 Å². The maximum absolute atomic E-state index is 12.3. The fourth-order valence-corrected chi connectivity index (χ4v) is 3.68. The van der Waals surface area contributed by atoms with Crippen molar-refractivity contribution >= 4 is 38.8 Å². The molecule has 0 aliphatic carbocycles. The second kappa shape index (κ2) is 9.09. The van der Waals surface area contributed by atoms with Crippen LogP contribution in [0.1, 0.15) is 0 Å². The van der Waals surface area contributed by atoms with E-state index in [1.165, 1.54) is 42.5 Å². The van der Waals surface area contributed by atoms with Crippen LogP contribution in [0.3, 0.4) is 0 Å². The number of alkyl halides is 3. The molecule has 0 heterocycles. The van der Waals surface area contributed by atoms with Gasteiger partial charge in [-0.2, -0.15) is 0 Å². The second-order valence-electron chi connectivity index (χ2n) is 6.65. The van der Waals surface area contributed by atoms with Gasteiger partial charge in [-0.1, -0.05) is 35.9 Å². The number of carbonyl (C=O) groups excluding carboxylic acids is 1. The first-order chi connectivity index (χ1) is 14.9. The summed E-state index contributed by atoms with van der Waals surface area (Å²) < 4.78 is 63.9. The van der Waals surface area contributed by atoms with Gasteiger partial charge in [0.1, 0.15) is 5.75 Å². The number of rotatable bonds is 5. The van der Waals surface area contributed by atoms with Crippen LogP contribution in [-0.4, -0.2) is 27.1 Å². The predicted molar refractivity (Wildman–Crippen MR) is 116 cm³/mol. The predicted octanol–water partition coefficient (Wildman–Crippen LogP) is 5.95. The summed E-state index contributed by atoms with van der Waals surface area (Å²) in [6.45, 7) is 0. The Morgan fingerprint density at radius 1 is 0.938 bits per heavy atom. The highest BCUT2D eigenvalue weighted by Crippen LogP contribution is 2.28. The molecule has 0 atom stereocenters. The molecule has 6 nitrogen and oxygen atoms in total. The van der Waals surface area contributed by atoms with Gasteiger partial charge in [0.15, 0.2) is 9.84 Å². The molecule has 0 saturated heterocycles. The number of hydrogen-bond acceptors (Lipinski definition) is 4. The van der Waals surface area contributed by atoms with Gasteiger partial charge in [-0.15, -0.1) is 13.2 Å². The zero-order chi connectivity index (χ0) is 23.5. The number of amides is 2. The van der Waals surface area contributed by atoms with Crippen LogP contribution in [0.5, 0.6) is 5.75 Å². The molecule has 0 unspecified atom stereocenters. The summed E-state index contributed by atoms with van der Waals surface area (Å²) in [5, 5.41) is 5.19. The van der Waals surface area contributed by atoms with Gasteiger partial charge in [-0.3, -0.25) is 0 Å². The van der Waals surface area contributed by atoms with E-state index in [0.717, 1.165) is 6.26 Å². The molecular weight excluding hydrogens is 469 g/mol. The lowest BCUT2D eigenvalue weighted by Crippen LogP contribution is -2.19. The number of nitrogens with one attached hydrogen (secondary N) is 2. The molecule has 2 amide bonds. The summed E-state index contributed by atoms with van der Waals surface area (Å²) in [4.78, 5) is 12.3. The van der Waals surface area contributed by atoms with Crippen LogP contribution in [0, 0.1) is 0 Å². The van der Waals surface area contributed by atoms with Crippen LogP contribution in [0.4, 0.5) is 29.3 Å². The Kier molecular flexibility index (Phi) is 6.65. The number of halogens is 4. The van der Waals surface area contributed by atoms with E-state index in [0.29, 0.717) is 16.8 Å². The average Bonchev–Trinajstić information content (AvgIpc) is 2.68. The van der Waals surface area contributed by atoms with Crippen LogP contribution < -0.4 is 15.4 Å². The zero-order valence-electron chi connectivity index (χ0n) is 16.4. The monoisotopic (exact) mass is 484 g/mol. The van der Waals surface area contributed by atoms with Crippen LogP contribution in [0.15, 0.2) is 71.6 Å². The van der Waals surface area contributed by atoms with Crippen molar-refractivity contribution in [2.75, 3.05) is 16.9 Å². The van der Waals surface area contributed by atoms with Gasteiger partial charge in [-0.25, -0.2) is 13.2 Å². The Balaban J connectivity index is 1.70. The summed E-state index contributed by atoms with van der Waals surface area (Å²) in [7, 11) is -3.44. The normalized spacial score (nSPS) is 11.7. The summed E-state index contributed by atoms with van der Waals surface area (Å²) >= 11 is 6.05. The average molecular weight is 485 g/mol. The van der Waals surface area contributed by atoms with E-state index in [1.807, 2.05) is 0 Å². The lowest BCUT2D eigenvalue weighted by atomic mass is 10.1. The molecule has 168 valence electrons. The molecule has 32 heavy (non-hydrogen) atoms. The van der Waals surface area contributed by atoms with E-state index >= 15 is 0 Å². The quantitative estimate of drug-likeness (QED) is 0.468. The number of hydrogen-bond donors (Lipinski definition) is 2. The molecule has 0 aliphatic heterocycles. The summed E-state index contributed by atoms with van der Waals surface area (Å²) in [6, 6.07) is 15.3. The van der Waals surface area contributed by atoms with Gasteiger partial charge in [0, 0.05) is 11.9 Å². The Bertz CT molecular complexity index is 1250. The minimum Gasteiger partial charge on any atom is -0.406 e. The van der Waals surface area contributed by atoms with Crippen molar-refractivity contribution in [3.05, 3.63) is 71.8 Å². The molecule has 3 aromatic rings. The molecule has 0 saturated carbocycles. The number of ether oxygens (including phenoxy) is 1. The molecule has 0 aromatic heterocycles. The summed E-state index contributed by atoms with van der Waals surface area (Å²) in [5.74, 6) is -0.339. The molecule has 0 radical (unpaired) electrons. The molecule has 0 spiro atoms. The van der Waals surface area contributed by atoms with Gasteiger partial charge in [0.05, 0.1) is 15.6 Å². The molecule has 3 rings (SSSR count). The Morgan fingerprint density at radius 3 is 2.22 bits per heavy atom. The van der Waals surface area contributed by atoms with Crippen LogP contribution >= 0.6 is 11.6 Å². The number of benzene rings is 3. The number of urea groups is 1. The standard InChI is InChI=1S/C21H16ClF3N2O4S/c1-32(29,30)17-9-10-19(18(22)12-17)27-20(28)26-15-4-2-3-14(11-15)13-5-7-16(8-6-13)31-21(23,24)25/h2-12H,1H3,(H2,26,27,28). The van der Waals surface area contributed by atoms with Crippen molar-refractivity contribution in [3.63, 3.8) is 0 Å². The topological polar surface area (TPSA) is 84.5 Å². The van der Waals surface area contributed by atoms with Crippen molar-refractivity contribution in [2.24, 2.45) is 0 Å². The first-order valence-electron chi connectivity index (χ1n) is 8.94. The molecular formula is C21H16ClF3N2O4S. The number of sulfone groups is 1. The van der Waals surface area contributed by atoms with Crippen LogP contribution in [-0.2, 0) is 9.84 Å². The fraction of sp³-hybridized carbons (Fsp3) is 0.0952. The third kappa shape index (κ3) is 6.38. The smallest absolute Gasteiger partial charge is 0.406 e. The van der Waals surface area contributed by atoms with Crippen molar-refractivity contribution in [1.82, 2.24) is 0 Å². The van der Waals surface area contributed by atoms with Gasteiger partial charge < -0.3 is 15.4 Å². The molecule has 0 bridgehead atoms. The SMILES string of the molecule is CS(=O)(=O)c1ccc(NC(=O)Nc2cccc(-c3ccc(OC(F)(F)F)cc3)c2)c(Cl)c1. The number of anilines is 2. The lowest BCUT2D eigenvalue weighted by molar-refractivity contribution is -0.274. The minimum absolute atomic E-state index is 0.0211. The third-order valence-electron chi connectivity index (χ3n) is 4.16. The maximum atomic E-state index is 12.3. The first-order valence-corrected chi connectivity index (χ1v) is 11.2. The Morgan fingerprint density at radius 2 is 1.62 bits per heavy atom. The molecule has 11 heteroatoms. The number of carbonyl (C=O) groups is 1. The zero-order valence-corrected chi connectivity index (χ0v) is 18.0. The highest BCUT2D eigenvalue weighted by molar-refractivity contribution is 7.90. The van der Waals surface area contributed by atoms with Gasteiger partial charge in [-0.05, 0) is 53.6 Å². The second-order valence-corrected chi connectivity index (χ2v) is 9.07. The van der Waals surface area contributed by atoms with Gasteiger partial charge in [0.2, 0.25) is 0 Å². The summed E-state index contributed by atoms with van der Waals surface area (Å²) in [5.41, 5.74) is 1.90.